The van der Waals surface area contributed by atoms with E-state index >= 15 is 0 Å². The molecule has 0 aliphatic heterocycles. The Morgan fingerprint density at radius 3 is 2.92 bits per heavy atom. The van der Waals surface area contributed by atoms with Crippen molar-refractivity contribution in [2.45, 2.75) is 57.1 Å². The number of ether oxygens (including phenoxy) is 1. The predicted molar refractivity (Wildman–Crippen MR) is 86.8 cm³/mol. The lowest BCUT2D eigenvalue weighted by Gasteiger charge is -2.15. The molecule has 0 saturated heterocycles. The SMILES string of the molecule is O=C(NCc1cccnc1OC1CCCC1)c1cc(C2CC2)on1. The van der Waals surface area contributed by atoms with E-state index in [2.05, 4.69) is 15.5 Å². The van der Waals surface area contributed by atoms with Crippen LogP contribution in [0.25, 0.3) is 0 Å². The second-order valence-electron chi connectivity index (χ2n) is 6.56. The van der Waals surface area contributed by atoms with Gasteiger partial charge in [-0.15, -0.1) is 0 Å². The van der Waals surface area contributed by atoms with E-state index in [4.69, 9.17) is 9.26 Å². The topological polar surface area (TPSA) is 77.2 Å². The Morgan fingerprint density at radius 1 is 1.29 bits per heavy atom. The average molecular weight is 327 g/mol. The maximum atomic E-state index is 12.2. The fraction of sp³-hybridized carbons (Fsp3) is 0.500. The van der Waals surface area contributed by atoms with Crippen molar-refractivity contribution in [2.24, 2.45) is 0 Å². The molecule has 2 aromatic rings. The summed E-state index contributed by atoms with van der Waals surface area (Å²) in [6.45, 7) is 0.361. The van der Waals surface area contributed by atoms with E-state index in [9.17, 15) is 4.79 Å². The van der Waals surface area contributed by atoms with Gasteiger partial charge in [0.05, 0.1) is 0 Å². The molecule has 0 unspecified atom stereocenters. The number of amides is 1. The zero-order valence-corrected chi connectivity index (χ0v) is 13.5. The summed E-state index contributed by atoms with van der Waals surface area (Å²) < 4.78 is 11.2. The highest BCUT2D eigenvalue weighted by Crippen LogP contribution is 2.40. The van der Waals surface area contributed by atoms with Gasteiger partial charge in [-0.3, -0.25) is 4.79 Å². The highest BCUT2D eigenvalue weighted by Gasteiger charge is 2.29. The number of aromatic nitrogens is 2. The van der Waals surface area contributed by atoms with Crippen molar-refractivity contribution in [3.8, 4) is 5.88 Å². The lowest BCUT2D eigenvalue weighted by atomic mass is 10.2. The van der Waals surface area contributed by atoms with Crippen molar-refractivity contribution in [1.82, 2.24) is 15.5 Å². The molecule has 2 aliphatic rings. The number of hydrogen-bond donors (Lipinski definition) is 1. The average Bonchev–Trinajstić information content (AvgIpc) is 3.11. The molecule has 2 fully saturated rings. The number of carbonyl (C=O) groups is 1. The summed E-state index contributed by atoms with van der Waals surface area (Å²) in [6.07, 6.45) is 8.76. The summed E-state index contributed by atoms with van der Waals surface area (Å²) in [7, 11) is 0. The van der Waals surface area contributed by atoms with E-state index in [1.807, 2.05) is 12.1 Å². The van der Waals surface area contributed by atoms with Gasteiger partial charge in [0, 0.05) is 30.3 Å². The summed E-state index contributed by atoms with van der Waals surface area (Å²) in [4.78, 5) is 16.6. The van der Waals surface area contributed by atoms with Crippen LogP contribution < -0.4 is 10.1 Å². The number of pyridine rings is 1. The molecule has 24 heavy (non-hydrogen) atoms. The normalized spacial score (nSPS) is 17.8. The zero-order chi connectivity index (χ0) is 16.4. The third-order valence-electron chi connectivity index (χ3n) is 4.61. The first-order valence-corrected chi connectivity index (χ1v) is 8.65. The molecule has 2 aromatic heterocycles. The lowest BCUT2D eigenvalue weighted by Crippen LogP contribution is -2.24. The van der Waals surface area contributed by atoms with Crippen molar-refractivity contribution < 1.29 is 14.1 Å². The summed E-state index contributed by atoms with van der Waals surface area (Å²) in [5.74, 6) is 1.64. The minimum atomic E-state index is -0.235. The van der Waals surface area contributed by atoms with E-state index in [-0.39, 0.29) is 12.0 Å². The smallest absolute Gasteiger partial charge is 0.273 e. The zero-order valence-electron chi connectivity index (χ0n) is 13.5. The molecule has 0 aromatic carbocycles. The van der Waals surface area contributed by atoms with E-state index in [1.165, 1.54) is 12.8 Å². The van der Waals surface area contributed by atoms with Crippen molar-refractivity contribution in [2.75, 3.05) is 0 Å². The molecule has 4 rings (SSSR count). The Balaban J connectivity index is 1.38. The Morgan fingerprint density at radius 2 is 2.12 bits per heavy atom. The van der Waals surface area contributed by atoms with Gasteiger partial charge >= 0.3 is 0 Å². The largest absolute Gasteiger partial charge is 0.474 e. The highest BCUT2D eigenvalue weighted by molar-refractivity contribution is 5.92. The standard InChI is InChI=1S/C18H21N3O3/c22-17(15-10-16(24-21-15)12-7-8-12)20-11-13-4-3-9-19-18(13)23-14-5-1-2-6-14/h3-4,9-10,12,14H,1-2,5-8,11H2,(H,20,22). The van der Waals surface area contributed by atoms with Crippen LogP contribution in [-0.2, 0) is 6.54 Å². The van der Waals surface area contributed by atoms with Crippen LogP contribution in [0.2, 0.25) is 0 Å². The van der Waals surface area contributed by atoms with Gasteiger partial charge in [-0.2, -0.15) is 0 Å². The molecule has 0 spiro atoms. The Hall–Kier alpha value is -2.37. The monoisotopic (exact) mass is 327 g/mol. The summed E-state index contributed by atoms with van der Waals surface area (Å²) in [6, 6.07) is 5.52. The van der Waals surface area contributed by atoms with Crippen LogP contribution in [0.3, 0.4) is 0 Å². The summed E-state index contributed by atoms with van der Waals surface area (Å²) in [5.41, 5.74) is 1.21. The molecule has 0 atom stereocenters. The van der Waals surface area contributed by atoms with Gasteiger partial charge in [0.25, 0.3) is 5.91 Å². The van der Waals surface area contributed by atoms with E-state index in [0.717, 1.165) is 37.0 Å². The quantitative estimate of drug-likeness (QED) is 0.881. The molecular formula is C18H21N3O3. The Bertz CT molecular complexity index is 718. The fourth-order valence-corrected chi connectivity index (χ4v) is 3.05. The molecule has 0 bridgehead atoms. The predicted octanol–water partition coefficient (Wildman–Crippen LogP) is 3.20. The van der Waals surface area contributed by atoms with Gasteiger partial charge in [0.15, 0.2) is 5.69 Å². The van der Waals surface area contributed by atoms with Crippen molar-refractivity contribution in [1.29, 1.82) is 0 Å². The third kappa shape index (κ3) is 3.42. The van der Waals surface area contributed by atoms with Crippen molar-refractivity contribution in [3.05, 3.63) is 41.4 Å². The molecule has 2 aliphatic carbocycles. The molecule has 6 nitrogen and oxygen atoms in total. The molecule has 2 heterocycles. The molecule has 0 radical (unpaired) electrons. The molecule has 6 heteroatoms. The van der Waals surface area contributed by atoms with Crippen molar-refractivity contribution in [3.63, 3.8) is 0 Å². The molecule has 126 valence electrons. The van der Waals surface area contributed by atoms with Gasteiger partial charge in [0.1, 0.15) is 11.9 Å². The first-order chi connectivity index (χ1) is 11.8. The van der Waals surface area contributed by atoms with Crippen LogP contribution in [0.5, 0.6) is 5.88 Å². The number of rotatable bonds is 6. The van der Waals surface area contributed by atoms with Gasteiger partial charge in [-0.25, -0.2) is 4.98 Å². The highest BCUT2D eigenvalue weighted by atomic mass is 16.5. The van der Waals surface area contributed by atoms with Crippen LogP contribution >= 0.6 is 0 Å². The molecule has 1 amide bonds. The number of nitrogens with zero attached hydrogens (tertiary/aromatic N) is 2. The van der Waals surface area contributed by atoms with Gasteiger partial charge in [-0.1, -0.05) is 11.2 Å². The van der Waals surface area contributed by atoms with E-state index < -0.39 is 0 Å². The number of hydrogen-bond acceptors (Lipinski definition) is 5. The van der Waals surface area contributed by atoms with Crippen LogP contribution in [0.1, 0.15) is 66.3 Å². The second-order valence-corrected chi connectivity index (χ2v) is 6.56. The van der Waals surface area contributed by atoms with Crippen molar-refractivity contribution >= 4 is 5.91 Å². The minimum absolute atomic E-state index is 0.235. The van der Waals surface area contributed by atoms with E-state index in [0.29, 0.717) is 24.0 Å². The van der Waals surface area contributed by atoms with Crippen LogP contribution in [-0.4, -0.2) is 22.2 Å². The molecule has 2 saturated carbocycles. The van der Waals surface area contributed by atoms with Crippen LogP contribution in [0.4, 0.5) is 0 Å². The van der Waals surface area contributed by atoms with E-state index in [1.54, 1.807) is 12.3 Å². The molecular weight excluding hydrogens is 306 g/mol. The number of nitrogens with one attached hydrogen (secondary N) is 1. The van der Waals surface area contributed by atoms with Gasteiger partial charge in [-0.05, 0) is 44.6 Å². The number of carbonyl (C=O) groups excluding carboxylic acids is 1. The summed E-state index contributed by atoms with van der Waals surface area (Å²) in [5, 5.41) is 6.73. The second kappa shape index (κ2) is 6.63. The van der Waals surface area contributed by atoms with Crippen LogP contribution in [0.15, 0.2) is 28.9 Å². The van der Waals surface area contributed by atoms with Gasteiger partial charge in [0.2, 0.25) is 5.88 Å². The first-order valence-electron chi connectivity index (χ1n) is 8.65. The lowest BCUT2D eigenvalue weighted by molar-refractivity contribution is 0.0941. The fourth-order valence-electron chi connectivity index (χ4n) is 3.05. The minimum Gasteiger partial charge on any atom is -0.474 e. The maximum absolute atomic E-state index is 12.2. The first kappa shape index (κ1) is 15.2. The van der Waals surface area contributed by atoms with Gasteiger partial charge < -0.3 is 14.6 Å². The Labute approximate surface area is 140 Å². The maximum Gasteiger partial charge on any atom is 0.273 e. The third-order valence-corrected chi connectivity index (χ3v) is 4.61. The summed E-state index contributed by atoms with van der Waals surface area (Å²) >= 11 is 0. The van der Waals surface area contributed by atoms with Crippen LogP contribution in [0, 0.1) is 0 Å². The molecule has 1 N–H and O–H groups in total. The Kier molecular flexibility index (Phi) is 4.19.